The molecule has 0 radical (unpaired) electrons. The number of H-pyrrole nitrogens is 1. The Bertz CT molecular complexity index is 1300. The fourth-order valence-corrected chi connectivity index (χ4v) is 4.75. The topological polar surface area (TPSA) is 102 Å². The van der Waals surface area contributed by atoms with Crippen molar-refractivity contribution in [3.8, 4) is 0 Å². The van der Waals surface area contributed by atoms with Crippen molar-refractivity contribution in [3.63, 3.8) is 0 Å². The number of aromatic nitrogens is 2. The number of hydrogen-bond acceptors (Lipinski definition) is 6. The molecule has 4 aromatic rings. The molecule has 174 valence electrons. The van der Waals surface area contributed by atoms with Gasteiger partial charge in [-0.05, 0) is 60.8 Å². The molecule has 2 aromatic heterocycles. The largest absolute Gasteiger partial charge is 0.369 e. The molecule has 5 rings (SSSR count). The summed E-state index contributed by atoms with van der Waals surface area (Å²) in [6, 6.07) is 17.3. The van der Waals surface area contributed by atoms with Crippen LogP contribution in [0, 0.1) is 0 Å². The van der Waals surface area contributed by atoms with Crippen LogP contribution in [-0.4, -0.2) is 47.7 Å². The van der Waals surface area contributed by atoms with Gasteiger partial charge in [0.15, 0.2) is 5.82 Å². The second-order valence-electron chi connectivity index (χ2n) is 8.40. The molecule has 1 unspecified atom stereocenters. The minimum absolute atomic E-state index is 0.174. The number of thiophene rings is 1. The average Bonchev–Trinajstić information content (AvgIpc) is 3.52. The molecule has 2 aromatic carbocycles. The van der Waals surface area contributed by atoms with E-state index < -0.39 is 0 Å². The third-order valence-electron chi connectivity index (χ3n) is 5.92. The first-order valence-electron chi connectivity index (χ1n) is 11.3. The van der Waals surface area contributed by atoms with E-state index >= 15 is 0 Å². The summed E-state index contributed by atoms with van der Waals surface area (Å²) in [5.41, 5.74) is 2.91. The minimum atomic E-state index is -0.249. The maximum Gasteiger partial charge on any atom is 0.256 e. The molecule has 1 aliphatic rings. The Hall–Kier alpha value is -3.69. The molecule has 0 spiro atoms. The number of nitrogens with one attached hydrogen (secondary N) is 4. The molecule has 2 amide bonds. The Morgan fingerprint density at radius 3 is 2.71 bits per heavy atom. The fourth-order valence-electron chi connectivity index (χ4n) is 4.10. The summed E-state index contributed by atoms with van der Waals surface area (Å²) in [6.45, 7) is 5.48. The number of anilines is 2. The number of carbonyl (C=O) groups is 2. The van der Waals surface area contributed by atoms with Crippen LogP contribution in [0.25, 0.3) is 10.9 Å². The van der Waals surface area contributed by atoms with Gasteiger partial charge < -0.3 is 20.9 Å². The lowest BCUT2D eigenvalue weighted by Gasteiger charge is -2.33. The van der Waals surface area contributed by atoms with E-state index in [0.29, 0.717) is 34.9 Å². The summed E-state index contributed by atoms with van der Waals surface area (Å²) in [6.07, 6.45) is 0. The first kappa shape index (κ1) is 22.1. The molecule has 1 aliphatic heterocycles. The van der Waals surface area contributed by atoms with Gasteiger partial charge in [-0.3, -0.25) is 14.7 Å². The maximum atomic E-state index is 12.9. The van der Waals surface area contributed by atoms with E-state index in [9.17, 15) is 9.59 Å². The van der Waals surface area contributed by atoms with Crippen LogP contribution in [-0.2, 0) is 6.54 Å². The van der Waals surface area contributed by atoms with Crippen LogP contribution in [0.5, 0.6) is 0 Å². The first-order valence-corrected chi connectivity index (χ1v) is 12.1. The number of piperazine rings is 1. The van der Waals surface area contributed by atoms with Crippen molar-refractivity contribution in [2.75, 3.05) is 29.9 Å². The summed E-state index contributed by atoms with van der Waals surface area (Å²) in [4.78, 5) is 28.9. The predicted molar refractivity (Wildman–Crippen MR) is 136 cm³/mol. The number of fused-ring (bicyclic) bond motifs is 1. The molecule has 9 heteroatoms. The molecule has 1 fully saturated rings. The number of hydrogen-bond donors (Lipinski definition) is 4. The van der Waals surface area contributed by atoms with Crippen molar-refractivity contribution in [3.05, 3.63) is 76.0 Å². The molecule has 3 heterocycles. The number of aromatic amines is 1. The Kier molecular flexibility index (Phi) is 6.29. The van der Waals surface area contributed by atoms with Crippen molar-refractivity contribution in [2.24, 2.45) is 0 Å². The summed E-state index contributed by atoms with van der Waals surface area (Å²) >= 11 is 1.60. The Labute approximate surface area is 201 Å². The number of amides is 2. The number of rotatable bonds is 6. The van der Waals surface area contributed by atoms with Crippen LogP contribution in [0.3, 0.4) is 0 Å². The van der Waals surface area contributed by atoms with E-state index in [0.717, 1.165) is 35.7 Å². The van der Waals surface area contributed by atoms with Gasteiger partial charge in [-0.15, -0.1) is 11.3 Å². The van der Waals surface area contributed by atoms with E-state index in [2.05, 4.69) is 38.0 Å². The van der Waals surface area contributed by atoms with Gasteiger partial charge in [0.05, 0.1) is 12.1 Å². The van der Waals surface area contributed by atoms with Gasteiger partial charge in [0, 0.05) is 52.8 Å². The highest BCUT2D eigenvalue weighted by molar-refractivity contribution is 7.09. The molecule has 8 nitrogen and oxygen atoms in total. The second kappa shape index (κ2) is 9.66. The Morgan fingerprint density at radius 2 is 1.94 bits per heavy atom. The van der Waals surface area contributed by atoms with Crippen LogP contribution in [0.4, 0.5) is 11.5 Å². The van der Waals surface area contributed by atoms with E-state index in [4.69, 9.17) is 0 Å². The number of benzene rings is 2. The summed E-state index contributed by atoms with van der Waals surface area (Å²) < 4.78 is 0. The summed E-state index contributed by atoms with van der Waals surface area (Å²) in [5, 5.41) is 19.1. The molecular weight excluding hydrogens is 448 g/mol. The van der Waals surface area contributed by atoms with Gasteiger partial charge in [0.1, 0.15) is 0 Å². The average molecular weight is 475 g/mol. The van der Waals surface area contributed by atoms with Crippen LogP contribution in [0.15, 0.2) is 60.0 Å². The maximum absolute atomic E-state index is 12.9. The van der Waals surface area contributed by atoms with Crippen molar-refractivity contribution < 1.29 is 9.59 Å². The van der Waals surface area contributed by atoms with Gasteiger partial charge in [-0.25, -0.2) is 0 Å². The lowest BCUT2D eigenvalue weighted by Crippen LogP contribution is -2.49. The Morgan fingerprint density at radius 1 is 1.12 bits per heavy atom. The van der Waals surface area contributed by atoms with Crippen molar-refractivity contribution >= 4 is 45.6 Å². The van der Waals surface area contributed by atoms with Crippen molar-refractivity contribution in [1.82, 2.24) is 20.8 Å². The van der Waals surface area contributed by atoms with Crippen molar-refractivity contribution in [1.29, 1.82) is 0 Å². The third-order valence-corrected chi connectivity index (χ3v) is 6.80. The normalized spacial score (nSPS) is 15.9. The lowest BCUT2D eigenvalue weighted by molar-refractivity contribution is 0.0950. The molecule has 34 heavy (non-hydrogen) atoms. The smallest absolute Gasteiger partial charge is 0.256 e. The zero-order valence-corrected chi connectivity index (χ0v) is 19.6. The third kappa shape index (κ3) is 4.80. The molecule has 4 N–H and O–H groups in total. The SMILES string of the molecule is CC1CN(c2ccc(C(=O)Nc3n[nH]c4ccc(C(=O)NCc5cccs5)cc34)cc2)CCN1. The minimum Gasteiger partial charge on any atom is -0.369 e. The second-order valence-corrected chi connectivity index (χ2v) is 9.43. The highest BCUT2D eigenvalue weighted by atomic mass is 32.1. The van der Waals surface area contributed by atoms with Crippen molar-refractivity contribution in [2.45, 2.75) is 19.5 Å². The van der Waals surface area contributed by atoms with E-state index in [1.54, 1.807) is 29.5 Å². The quantitative estimate of drug-likeness (QED) is 0.342. The highest BCUT2D eigenvalue weighted by Gasteiger charge is 2.17. The zero-order valence-electron chi connectivity index (χ0n) is 18.8. The van der Waals surface area contributed by atoms with Crippen LogP contribution in [0.1, 0.15) is 32.5 Å². The van der Waals surface area contributed by atoms with E-state index in [-0.39, 0.29) is 11.8 Å². The highest BCUT2D eigenvalue weighted by Crippen LogP contribution is 2.23. The number of carbonyl (C=O) groups excluding carboxylic acids is 2. The predicted octanol–water partition coefficient (Wildman–Crippen LogP) is 3.60. The van der Waals surface area contributed by atoms with Crippen LogP contribution < -0.4 is 20.9 Å². The number of nitrogens with zero attached hydrogens (tertiary/aromatic N) is 2. The Balaban J connectivity index is 1.28. The molecule has 0 aliphatic carbocycles. The zero-order chi connectivity index (χ0) is 23.5. The fraction of sp³-hybridized carbons (Fsp3) is 0.240. The summed E-state index contributed by atoms with van der Waals surface area (Å²) in [5.74, 6) is -0.0271. The van der Waals surface area contributed by atoms with Gasteiger partial charge in [0.2, 0.25) is 0 Å². The van der Waals surface area contributed by atoms with Gasteiger partial charge >= 0.3 is 0 Å². The molecule has 0 saturated carbocycles. The summed E-state index contributed by atoms with van der Waals surface area (Å²) in [7, 11) is 0. The molecular formula is C25H26N6O2S. The lowest BCUT2D eigenvalue weighted by atomic mass is 10.1. The molecule has 1 atom stereocenters. The molecule has 1 saturated heterocycles. The first-order chi connectivity index (χ1) is 16.6. The van der Waals surface area contributed by atoms with Gasteiger partial charge in [0.25, 0.3) is 11.8 Å². The van der Waals surface area contributed by atoms with Crippen LogP contribution in [0.2, 0.25) is 0 Å². The standard InChI is InChI=1S/C25H26N6O2S/c1-16-15-31(11-10-26-16)19-7-4-17(5-8-19)25(33)28-23-21-13-18(6-9-22(21)29-30-23)24(32)27-14-20-3-2-12-34-20/h2-9,12-13,16,26H,10-11,14-15H2,1H3,(H,27,32)(H2,28,29,30,33). The van der Waals surface area contributed by atoms with E-state index in [1.165, 1.54) is 0 Å². The molecule has 0 bridgehead atoms. The van der Waals surface area contributed by atoms with Crippen LogP contribution >= 0.6 is 11.3 Å². The van der Waals surface area contributed by atoms with E-state index in [1.807, 2.05) is 41.8 Å². The van der Waals surface area contributed by atoms with Gasteiger partial charge in [-0.2, -0.15) is 5.10 Å². The monoisotopic (exact) mass is 474 g/mol. The van der Waals surface area contributed by atoms with Gasteiger partial charge in [-0.1, -0.05) is 6.07 Å².